The molecule has 0 spiro atoms. The summed E-state index contributed by atoms with van der Waals surface area (Å²) in [4.78, 5) is 0.366. The Morgan fingerprint density at radius 1 is 0.920 bits per heavy atom. The molecule has 0 saturated carbocycles. The molecule has 5 heteroatoms. The average molecular weight is 354 g/mol. The zero-order valence-electron chi connectivity index (χ0n) is 14.7. The Morgan fingerprint density at radius 3 is 2.04 bits per heavy atom. The van der Waals surface area contributed by atoms with E-state index in [1.807, 2.05) is 79.1 Å². The van der Waals surface area contributed by atoms with Crippen molar-refractivity contribution in [3.63, 3.8) is 0 Å². The second kappa shape index (κ2) is 6.76. The van der Waals surface area contributed by atoms with Gasteiger partial charge in [0.05, 0.1) is 0 Å². The van der Waals surface area contributed by atoms with Crippen molar-refractivity contribution in [2.45, 2.75) is 25.3 Å². The lowest BCUT2D eigenvalue weighted by atomic mass is 10.2. The number of para-hydroxylation sites is 1. The van der Waals surface area contributed by atoms with Gasteiger partial charge in [-0.3, -0.25) is 0 Å². The van der Waals surface area contributed by atoms with Crippen LogP contribution >= 0.6 is 0 Å². The summed E-state index contributed by atoms with van der Waals surface area (Å²) in [5, 5.41) is 3.31. The smallest absolute Gasteiger partial charge is 0.179 e. The van der Waals surface area contributed by atoms with Gasteiger partial charge in [0.1, 0.15) is 10.7 Å². The van der Waals surface area contributed by atoms with Crippen LogP contribution in [0.1, 0.15) is 16.8 Å². The van der Waals surface area contributed by atoms with Crippen molar-refractivity contribution in [1.29, 1.82) is 0 Å². The van der Waals surface area contributed by atoms with E-state index in [1.165, 1.54) is 6.26 Å². The molecule has 0 aliphatic heterocycles. The summed E-state index contributed by atoms with van der Waals surface area (Å²) in [6.07, 6.45) is 1.26. The summed E-state index contributed by atoms with van der Waals surface area (Å²) in [5.41, 5.74) is 3.72. The van der Waals surface area contributed by atoms with Crippen molar-refractivity contribution < 1.29 is 8.42 Å². The molecule has 2 aromatic carbocycles. The fourth-order valence-corrected chi connectivity index (χ4v) is 4.25. The Hall–Kier alpha value is -2.53. The lowest BCUT2D eigenvalue weighted by Gasteiger charge is -2.15. The molecule has 0 aliphatic rings. The first-order valence-corrected chi connectivity index (χ1v) is 10.0. The van der Waals surface area contributed by atoms with E-state index < -0.39 is 9.84 Å². The fraction of sp³-hybridized carbons (Fsp3) is 0.200. The number of benzene rings is 2. The summed E-state index contributed by atoms with van der Waals surface area (Å²) >= 11 is 0. The molecule has 1 heterocycles. The van der Waals surface area contributed by atoms with Gasteiger partial charge in [-0.1, -0.05) is 48.5 Å². The molecule has 1 aromatic heterocycles. The van der Waals surface area contributed by atoms with Gasteiger partial charge in [0, 0.05) is 24.2 Å². The molecule has 0 unspecified atom stereocenters. The molecule has 130 valence electrons. The van der Waals surface area contributed by atoms with Crippen LogP contribution in [0.2, 0.25) is 0 Å². The van der Waals surface area contributed by atoms with Crippen LogP contribution in [0.25, 0.3) is 0 Å². The van der Waals surface area contributed by atoms with Crippen LogP contribution in [-0.4, -0.2) is 19.2 Å². The zero-order chi connectivity index (χ0) is 18.0. The van der Waals surface area contributed by atoms with E-state index in [1.54, 1.807) is 0 Å². The first-order valence-electron chi connectivity index (χ1n) is 8.13. The van der Waals surface area contributed by atoms with Crippen molar-refractivity contribution in [1.82, 2.24) is 4.57 Å². The standard InChI is InChI=1S/C20H22N2O2S/c1-15-16(2)22(14-17-10-6-4-7-11-17)20(19(15)25(3,23)24)21-18-12-8-5-9-13-18/h4-13,21H,14H2,1-3H3. The minimum absolute atomic E-state index is 0.366. The lowest BCUT2D eigenvalue weighted by Crippen LogP contribution is -2.08. The molecule has 0 radical (unpaired) electrons. The number of hydrogen-bond donors (Lipinski definition) is 1. The highest BCUT2D eigenvalue weighted by atomic mass is 32.2. The van der Waals surface area contributed by atoms with Gasteiger partial charge in [0.2, 0.25) is 0 Å². The minimum atomic E-state index is -3.36. The summed E-state index contributed by atoms with van der Waals surface area (Å²) in [6.45, 7) is 4.44. The van der Waals surface area contributed by atoms with Gasteiger partial charge >= 0.3 is 0 Å². The normalized spacial score (nSPS) is 11.5. The van der Waals surface area contributed by atoms with Crippen LogP contribution < -0.4 is 5.32 Å². The third-order valence-corrected chi connectivity index (χ3v) is 5.61. The Bertz CT molecular complexity index is 976. The molecule has 0 bridgehead atoms. The van der Waals surface area contributed by atoms with Gasteiger partial charge in [-0.2, -0.15) is 0 Å². The first kappa shape index (κ1) is 17.3. The fourth-order valence-electron chi connectivity index (χ4n) is 3.03. The lowest BCUT2D eigenvalue weighted by molar-refractivity contribution is 0.601. The van der Waals surface area contributed by atoms with Crippen molar-refractivity contribution >= 4 is 21.3 Å². The van der Waals surface area contributed by atoms with Gasteiger partial charge < -0.3 is 9.88 Å². The molecule has 0 amide bonds. The Morgan fingerprint density at radius 2 is 1.48 bits per heavy atom. The number of hydrogen-bond acceptors (Lipinski definition) is 3. The van der Waals surface area contributed by atoms with Crippen LogP contribution in [0.5, 0.6) is 0 Å². The quantitative estimate of drug-likeness (QED) is 0.743. The second-order valence-corrected chi connectivity index (χ2v) is 8.18. The predicted octanol–water partition coefficient (Wildman–Crippen LogP) is 4.30. The second-order valence-electron chi connectivity index (χ2n) is 6.22. The number of anilines is 2. The number of nitrogens with zero attached hydrogens (tertiary/aromatic N) is 1. The molecule has 25 heavy (non-hydrogen) atoms. The molecule has 1 N–H and O–H groups in total. The minimum Gasteiger partial charge on any atom is -0.341 e. The van der Waals surface area contributed by atoms with Crippen molar-refractivity contribution in [2.75, 3.05) is 11.6 Å². The van der Waals surface area contributed by atoms with Crippen molar-refractivity contribution in [3.05, 3.63) is 77.5 Å². The molecule has 0 saturated heterocycles. The van der Waals surface area contributed by atoms with E-state index in [0.717, 1.165) is 22.5 Å². The molecule has 0 atom stereocenters. The Balaban J connectivity index is 2.16. The summed E-state index contributed by atoms with van der Waals surface area (Å²) in [5.74, 6) is 0.618. The third-order valence-electron chi connectivity index (χ3n) is 4.36. The van der Waals surface area contributed by atoms with Gasteiger partial charge in [-0.25, -0.2) is 8.42 Å². The summed E-state index contributed by atoms with van der Waals surface area (Å²) in [6, 6.07) is 19.7. The summed E-state index contributed by atoms with van der Waals surface area (Å²) < 4.78 is 26.9. The highest BCUT2D eigenvalue weighted by molar-refractivity contribution is 7.91. The molecular formula is C20H22N2O2S. The zero-order valence-corrected chi connectivity index (χ0v) is 15.5. The first-order chi connectivity index (χ1) is 11.9. The maximum absolute atomic E-state index is 12.4. The van der Waals surface area contributed by atoms with Gasteiger partial charge in [-0.05, 0) is 37.1 Å². The highest BCUT2D eigenvalue weighted by Crippen LogP contribution is 2.33. The number of nitrogens with one attached hydrogen (secondary N) is 1. The number of aromatic nitrogens is 1. The van der Waals surface area contributed by atoms with E-state index in [2.05, 4.69) is 5.32 Å². The van der Waals surface area contributed by atoms with Crippen LogP contribution in [0.4, 0.5) is 11.5 Å². The number of sulfone groups is 1. The Kier molecular flexibility index (Phi) is 4.68. The van der Waals surface area contributed by atoms with Crippen LogP contribution in [-0.2, 0) is 16.4 Å². The van der Waals surface area contributed by atoms with Crippen molar-refractivity contribution in [3.8, 4) is 0 Å². The van der Waals surface area contributed by atoms with Crippen LogP contribution in [0.3, 0.4) is 0 Å². The maximum Gasteiger partial charge on any atom is 0.179 e. The van der Waals surface area contributed by atoms with E-state index in [-0.39, 0.29) is 0 Å². The topological polar surface area (TPSA) is 51.1 Å². The largest absolute Gasteiger partial charge is 0.341 e. The number of rotatable bonds is 5. The molecule has 3 rings (SSSR count). The van der Waals surface area contributed by atoms with Crippen molar-refractivity contribution in [2.24, 2.45) is 0 Å². The average Bonchev–Trinajstić information content (AvgIpc) is 2.81. The summed E-state index contributed by atoms with van der Waals surface area (Å²) in [7, 11) is -3.36. The van der Waals surface area contributed by atoms with E-state index in [9.17, 15) is 8.42 Å². The predicted molar refractivity (Wildman–Crippen MR) is 102 cm³/mol. The third kappa shape index (κ3) is 3.61. The molecule has 0 aliphatic carbocycles. The monoisotopic (exact) mass is 354 g/mol. The maximum atomic E-state index is 12.4. The van der Waals surface area contributed by atoms with E-state index in [4.69, 9.17) is 0 Å². The molecular weight excluding hydrogens is 332 g/mol. The molecule has 0 fully saturated rings. The molecule has 3 aromatic rings. The SMILES string of the molecule is Cc1c(S(C)(=O)=O)c(Nc2ccccc2)n(Cc2ccccc2)c1C. The van der Waals surface area contributed by atoms with E-state index in [0.29, 0.717) is 17.3 Å². The highest BCUT2D eigenvalue weighted by Gasteiger charge is 2.25. The van der Waals surface area contributed by atoms with Gasteiger partial charge in [0.15, 0.2) is 9.84 Å². The molecule has 4 nitrogen and oxygen atoms in total. The van der Waals surface area contributed by atoms with Gasteiger partial charge in [0.25, 0.3) is 0 Å². The Labute approximate surface area is 149 Å². The van der Waals surface area contributed by atoms with Crippen LogP contribution in [0.15, 0.2) is 65.6 Å². The van der Waals surface area contributed by atoms with E-state index >= 15 is 0 Å². The van der Waals surface area contributed by atoms with Crippen LogP contribution in [0, 0.1) is 13.8 Å². The van der Waals surface area contributed by atoms with Gasteiger partial charge in [-0.15, -0.1) is 0 Å².